The van der Waals surface area contributed by atoms with Gasteiger partial charge in [0.25, 0.3) is 0 Å². The average molecular weight is 431 g/mol. The molecule has 1 aliphatic rings. The summed E-state index contributed by atoms with van der Waals surface area (Å²) in [4.78, 5) is 12.4. The first kappa shape index (κ1) is 20.1. The van der Waals surface area contributed by atoms with E-state index in [9.17, 15) is 13.2 Å². The Morgan fingerprint density at radius 3 is 2.59 bits per heavy atom. The molecule has 1 aromatic heterocycles. The van der Waals surface area contributed by atoms with Crippen molar-refractivity contribution < 1.29 is 13.2 Å². The lowest BCUT2D eigenvalue weighted by Crippen LogP contribution is -2.40. The molecule has 3 rings (SSSR count). The number of benzene rings is 1. The summed E-state index contributed by atoms with van der Waals surface area (Å²) in [5, 5.41) is 8.27. The molecule has 1 fully saturated rings. The Labute approximate surface area is 168 Å². The van der Waals surface area contributed by atoms with Crippen LogP contribution in [0.1, 0.15) is 18.4 Å². The lowest BCUT2D eigenvalue weighted by Gasteiger charge is -2.29. The minimum Gasteiger partial charge on any atom is -0.309 e. The molecule has 0 saturated carbocycles. The van der Waals surface area contributed by atoms with Crippen molar-refractivity contribution in [1.82, 2.24) is 14.1 Å². The summed E-state index contributed by atoms with van der Waals surface area (Å²) in [7, 11) is -3.20. The summed E-state index contributed by atoms with van der Waals surface area (Å²) in [6.45, 7) is 1.18. The van der Waals surface area contributed by atoms with Gasteiger partial charge in [-0.25, -0.2) is 12.7 Å². The van der Waals surface area contributed by atoms with Crippen molar-refractivity contribution in [2.75, 3.05) is 24.7 Å². The van der Waals surface area contributed by atoms with Crippen LogP contribution in [0.2, 0.25) is 10.0 Å². The molecule has 146 valence electrons. The lowest BCUT2D eigenvalue weighted by atomic mass is 9.97. The number of carbonyl (C=O) groups is 1. The first-order chi connectivity index (χ1) is 12.7. The van der Waals surface area contributed by atoms with Crippen molar-refractivity contribution in [3.8, 4) is 0 Å². The van der Waals surface area contributed by atoms with Crippen molar-refractivity contribution in [3.63, 3.8) is 0 Å². The summed E-state index contributed by atoms with van der Waals surface area (Å²) < 4.78 is 26.2. The van der Waals surface area contributed by atoms with E-state index in [2.05, 4.69) is 10.4 Å². The molecular weight excluding hydrogens is 411 g/mol. The highest BCUT2D eigenvalue weighted by atomic mass is 35.5. The molecule has 0 radical (unpaired) electrons. The van der Waals surface area contributed by atoms with Gasteiger partial charge in [0.05, 0.1) is 12.8 Å². The Kier molecular flexibility index (Phi) is 6.10. The third kappa shape index (κ3) is 5.22. The quantitative estimate of drug-likeness (QED) is 0.789. The largest absolute Gasteiger partial charge is 0.309 e. The number of rotatable bonds is 5. The lowest BCUT2D eigenvalue weighted by molar-refractivity contribution is -0.120. The van der Waals surface area contributed by atoms with Crippen LogP contribution in [0, 0.1) is 5.92 Å². The minimum absolute atomic E-state index is 0.141. The Bertz CT molecular complexity index is 937. The number of sulfonamides is 1. The van der Waals surface area contributed by atoms with Crippen LogP contribution >= 0.6 is 23.2 Å². The Balaban J connectivity index is 1.57. The monoisotopic (exact) mass is 430 g/mol. The van der Waals surface area contributed by atoms with E-state index >= 15 is 0 Å². The molecule has 0 unspecified atom stereocenters. The first-order valence-electron chi connectivity index (χ1n) is 8.46. The van der Waals surface area contributed by atoms with E-state index in [4.69, 9.17) is 23.2 Å². The SMILES string of the molecule is CS(=O)(=O)N1CCC(C(=O)Nc2ccn(Cc3ccc(Cl)cc3Cl)n2)CC1. The van der Waals surface area contributed by atoms with Gasteiger partial charge >= 0.3 is 0 Å². The van der Waals surface area contributed by atoms with Gasteiger partial charge in [-0.3, -0.25) is 9.48 Å². The number of carbonyl (C=O) groups excluding carboxylic acids is 1. The minimum atomic E-state index is -3.20. The molecule has 1 amide bonds. The van der Waals surface area contributed by atoms with Gasteiger partial charge in [-0.2, -0.15) is 5.10 Å². The van der Waals surface area contributed by atoms with E-state index in [0.29, 0.717) is 48.3 Å². The van der Waals surface area contributed by atoms with Gasteiger partial charge in [-0.1, -0.05) is 29.3 Å². The van der Waals surface area contributed by atoms with Crippen LogP contribution in [0.15, 0.2) is 30.5 Å². The van der Waals surface area contributed by atoms with Crippen molar-refractivity contribution in [3.05, 3.63) is 46.1 Å². The Morgan fingerprint density at radius 1 is 1.26 bits per heavy atom. The maximum Gasteiger partial charge on any atom is 0.228 e. The molecule has 0 aliphatic carbocycles. The molecule has 10 heteroatoms. The van der Waals surface area contributed by atoms with Crippen LogP contribution in [0.3, 0.4) is 0 Å². The number of hydrogen-bond donors (Lipinski definition) is 1. The second kappa shape index (κ2) is 8.18. The van der Waals surface area contributed by atoms with E-state index in [1.807, 2.05) is 6.07 Å². The zero-order valence-electron chi connectivity index (χ0n) is 14.7. The summed E-state index contributed by atoms with van der Waals surface area (Å²) in [5.74, 6) is 0.0902. The molecule has 1 N–H and O–H groups in total. The zero-order valence-corrected chi connectivity index (χ0v) is 17.1. The molecule has 0 bridgehead atoms. The highest BCUT2D eigenvalue weighted by Gasteiger charge is 2.29. The molecular formula is C17H20Cl2N4O3S. The second-order valence-electron chi connectivity index (χ2n) is 6.56. The summed E-state index contributed by atoms with van der Waals surface area (Å²) >= 11 is 12.1. The Hall–Kier alpha value is -1.61. The van der Waals surface area contributed by atoms with Crippen LogP contribution in [0.25, 0.3) is 0 Å². The molecule has 1 saturated heterocycles. The van der Waals surface area contributed by atoms with Crippen molar-refractivity contribution >= 4 is 45.0 Å². The molecule has 0 atom stereocenters. The summed E-state index contributed by atoms with van der Waals surface area (Å²) in [6.07, 6.45) is 3.94. The highest BCUT2D eigenvalue weighted by Crippen LogP contribution is 2.23. The maximum atomic E-state index is 12.4. The number of halogens is 2. The van der Waals surface area contributed by atoms with Gasteiger partial charge < -0.3 is 5.32 Å². The van der Waals surface area contributed by atoms with E-state index in [1.165, 1.54) is 10.6 Å². The normalized spacial score (nSPS) is 16.4. The standard InChI is InChI=1S/C17H20Cl2N4O3S/c1-27(25,26)23-8-4-12(5-9-23)17(24)20-16-6-7-22(21-16)11-13-2-3-14(18)10-15(13)19/h2-3,6-7,10,12H,4-5,8-9,11H2,1H3,(H,20,21,24). The van der Waals surface area contributed by atoms with Gasteiger partial charge in [0, 0.05) is 41.3 Å². The average Bonchev–Trinajstić information content (AvgIpc) is 3.04. The van der Waals surface area contributed by atoms with Crippen molar-refractivity contribution in [1.29, 1.82) is 0 Å². The third-order valence-electron chi connectivity index (χ3n) is 4.53. The molecule has 2 heterocycles. The fraction of sp³-hybridized carbons (Fsp3) is 0.412. The zero-order chi connectivity index (χ0) is 19.6. The van der Waals surface area contributed by atoms with Crippen LogP contribution in [-0.2, 0) is 21.4 Å². The number of anilines is 1. The smallest absolute Gasteiger partial charge is 0.228 e. The van der Waals surface area contributed by atoms with Gasteiger partial charge in [0.2, 0.25) is 15.9 Å². The number of nitrogens with one attached hydrogen (secondary N) is 1. The molecule has 1 aromatic carbocycles. The number of hydrogen-bond acceptors (Lipinski definition) is 4. The number of nitrogens with zero attached hydrogens (tertiary/aromatic N) is 3. The van der Waals surface area contributed by atoms with E-state index in [-0.39, 0.29) is 11.8 Å². The Morgan fingerprint density at radius 2 is 1.96 bits per heavy atom. The second-order valence-corrected chi connectivity index (χ2v) is 9.39. The summed E-state index contributed by atoms with van der Waals surface area (Å²) in [6, 6.07) is 6.98. The van der Waals surface area contributed by atoms with Gasteiger partial charge in [-0.05, 0) is 30.5 Å². The van der Waals surface area contributed by atoms with Gasteiger partial charge in [0.15, 0.2) is 5.82 Å². The van der Waals surface area contributed by atoms with Crippen LogP contribution < -0.4 is 5.32 Å². The fourth-order valence-corrected chi connectivity index (χ4v) is 4.36. The van der Waals surface area contributed by atoms with Crippen LogP contribution in [0.4, 0.5) is 5.82 Å². The topological polar surface area (TPSA) is 84.3 Å². The molecule has 7 nitrogen and oxygen atoms in total. The van der Waals surface area contributed by atoms with Gasteiger partial charge in [-0.15, -0.1) is 0 Å². The molecule has 1 aliphatic heterocycles. The summed E-state index contributed by atoms with van der Waals surface area (Å²) in [5.41, 5.74) is 0.871. The van der Waals surface area contributed by atoms with Crippen molar-refractivity contribution in [2.45, 2.75) is 19.4 Å². The van der Waals surface area contributed by atoms with Crippen molar-refractivity contribution in [2.24, 2.45) is 5.92 Å². The third-order valence-corrected chi connectivity index (χ3v) is 6.42. The molecule has 27 heavy (non-hydrogen) atoms. The highest BCUT2D eigenvalue weighted by molar-refractivity contribution is 7.88. The maximum absolute atomic E-state index is 12.4. The van der Waals surface area contributed by atoms with Crippen LogP contribution in [0.5, 0.6) is 0 Å². The van der Waals surface area contributed by atoms with Gasteiger partial charge in [0.1, 0.15) is 0 Å². The number of piperidine rings is 1. The first-order valence-corrected chi connectivity index (χ1v) is 11.1. The fourth-order valence-electron chi connectivity index (χ4n) is 3.02. The van der Waals surface area contributed by atoms with E-state index < -0.39 is 10.0 Å². The predicted octanol–water partition coefficient (Wildman–Crippen LogP) is 2.85. The molecule has 2 aromatic rings. The van der Waals surface area contributed by atoms with E-state index in [1.54, 1.807) is 29.1 Å². The number of amides is 1. The van der Waals surface area contributed by atoms with E-state index in [0.717, 1.165) is 5.56 Å². The van der Waals surface area contributed by atoms with Crippen LogP contribution in [-0.4, -0.2) is 47.8 Å². The predicted molar refractivity (Wildman–Crippen MR) is 106 cm³/mol. The molecule has 0 spiro atoms. The number of aromatic nitrogens is 2.